The maximum atomic E-state index is 12.4. The first-order valence-electron chi connectivity index (χ1n) is 6.97. The summed E-state index contributed by atoms with van der Waals surface area (Å²) in [4.78, 5) is 0. The van der Waals surface area contributed by atoms with Crippen molar-refractivity contribution >= 4 is 0 Å². The third kappa shape index (κ3) is 4.54. The minimum atomic E-state index is -2.87. The van der Waals surface area contributed by atoms with Gasteiger partial charge in [0.05, 0.1) is 7.11 Å². The van der Waals surface area contributed by atoms with Gasteiger partial charge in [-0.05, 0) is 37.5 Å². The van der Waals surface area contributed by atoms with Crippen LogP contribution in [-0.4, -0.2) is 32.5 Å². The zero-order valence-corrected chi connectivity index (χ0v) is 12.3. The molecule has 1 aromatic rings. The first-order chi connectivity index (χ1) is 10.0. The van der Waals surface area contributed by atoms with E-state index in [4.69, 9.17) is 9.47 Å². The average molecular weight is 301 g/mol. The Labute approximate surface area is 123 Å². The molecule has 6 heteroatoms. The second-order valence-corrected chi connectivity index (χ2v) is 5.39. The van der Waals surface area contributed by atoms with E-state index in [0.29, 0.717) is 12.3 Å². The zero-order chi connectivity index (χ0) is 15.3. The number of hydrogen-bond acceptors (Lipinski definition) is 4. The highest BCUT2D eigenvalue weighted by atomic mass is 19.3. The van der Waals surface area contributed by atoms with Gasteiger partial charge >= 0.3 is 6.61 Å². The Hall–Kier alpha value is -1.40. The number of alkyl halides is 2. The van der Waals surface area contributed by atoms with Crippen LogP contribution < -0.4 is 14.8 Å². The van der Waals surface area contributed by atoms with Crippen LogP contribution in [0.4, 0.5) is 8.78 Å². The summed E-state index contributed by atoms with van der Waals surface area (Å²) in [6.45, 7) is 1.35. The molecule has 0 bridgehead atoms. The van der Waals surface area contributed by atoms with Gasteiger partial charge < -0.3 is 19.5 Å². The van der Waals surface area contributed by atoms with Crippen LogP contribution in [0.1, 0.15) is 25.3 Å². The molecule has 0 atom stereocenters. The van der Waals surface area contributed by atoms with E-state index in [1.54, 1.807) is 12.1 Å². The lowest BCUT2D eigenvalue weighted by Gasteiger charge is -2.34. The van der Waals surface area contributed by atoms with E-state index >= 15 is 0 Å². The van der Waals surface area contributed by atoms with Crippen molar-refractivity contribution in [2.24, 2.45) is 0 Å². The average Bonchev–Trinajstić information content (AvgIpc) is 2.46. The van der Waals surface area contributed by atoms with Crippen LogP contribution in [0, 0.1) is 0 Å². The first kappa shape index (κ1) is 16.0. The van der Waals surface area contributed by atoms with E-state index < -0.39 is 6.61 Å². The molecule has 1 heterocycles. The third-order valence-electron chi connectivity index (χ3n) is 3.76. The van der Waals surface area contributed by atoms with Gasteiger partial charge in [0, 0.05) is 25.3 Å². The molecule has 118 valence electrons. The van der Waals surface area contributed by atoms with Crippen molar-refractivity contribution in [1.82, 2.24) is 5.32 Å². The van der Waals surface area contributed by atoms with Gasteiger partial charge in [-0.15, -0.1) is 0 Å². The van der Waals surface area contributed by atoms with Gasteiger partial charge in [0.15, 0.2) is 11.5 Å². The van der Waals surface area contributed by atoms with Crippen LogP contribution in [-0.2, 0) is 11.3 Å². The Kier molecular flexibility index (Phi) is 5.36. The topological polar surface area (TPSA) is 39.7 Å². The molecule has 0 unspecified atom stereocenters. The molecule has 0 saturated carbocycles. The molecular formula is C15H21F2NO3. The lowest BCUT2D eigenvalue weighted by atomic mass is 9.92. The van der Waals surface area contributed by atoms with Crippen molar-refractivity contribution in [3.05, 3.63) is 23.8 Å². The van der Waals surface area contributed by atoms with Gasteiger partial charge in [-0.3, -0.25) is 0 Å². The maximum Gasteiger partial charge on any atom is 0.387 e. The number of benzene rings is 1. The van der Waals surface area contributed by atoms with E-state index in [1.807, 2.05) is 6.07 Å². The number of halogens is 2. The molecule has 1 saturated heterocycles. The SMILES string of the molecule is COc1ccc(CNC2(C)CCOCC2)cc1OC(F)F. The molecule has 4 nitrogen and oxygen atoms in total. The molecule has 0 radical (unpaired) electrons. The lowest BCUT2D eigenvalue weighted by Crippen LogP contribution is -2.46. The summed E-state index contributed by atoms with van der Waals surface area (Å²) in [5.41, 5.74) is 0.890. The first-order valence-corrected chi connectivity index (χ1v) is 6.97. The molecule has 1 aliphatic rings. The standard InChI is InChI=1S/C15H21F2NO3/c1-15(5-7-20-8-6-15)18-10-11-3-4-12(19-2)13(9-11)21-14(16)17/h3-4,9,14,18H,5-8,10H2,1-2H3. The zero-order valence-electron chi connectivity index (χ0n) is 12.3. The summed E-state index contributed by atoms with van der Waals surface area (Å²) >= 11 is 0. The third-order valence-corrected chi connectivity index (χ3v) is 3.76. The summed E-state index contributed by atoms with van der Waals surface area (Å²) in [6.07, 6.45) is 1.87. The van der Waals surface area contributed by atoms with Crippen molar-refractivity contribution in [2.75, 3.05) is 20.3 Å². The Balaban J connectivity index is 2.02. The van der Waals surface area contributed by atoms with Crippen LogP contribution in [0.2, 0.25) is 0 Å². The molecule has 0 aromatic heterocycles. The number of ether oxygens (including phenoxy) is 3. The second kappa shape index (κ2) is 7.04. The van der Waals surface area contributed by atoms with Crippen molar-refractivity contribution in [3.8, 4) is 11.5 Å². The minimum absolute atomic E-state index is 0.0158. The number of methoxy groups -OCH3 is 1. The van der Waals surface area contributed by atoms with Gasteiger partial charge in [-0.1, -0.05) is 6.07 Å². The molecular weight excluding hydrogens is 280 g/mol. The Morgan fingerprint density at radius 1 is 1.29 bits per heavy atom. The Morgan fingerprint density at radius 2 is 2.00 bits per heavy atom. The number of rotatable bonds is 6. The highest BCUT2D eigenvalue weighted by molar-refractivity contribution is 5.43. The molecule has 1 aliphatic heterocycles. The van der Waals surface area contributed by atoms with Crippen LogP contribution in [0.25, 0.3) is 0 Å². The van der Waals surface area contributed by atoms with Gasteiger partial charge in [-0.25, -0.2) is 0 Å². The molecule has 21 heavy (non-hydrogen) atoms. The van der Waals surface area contributed by atoms with Crippen molar-refractivity contribution in [3.63, 3.8) is 0 Å². The molecule has 1 aromatic carbocycles. The Morgan fingerprint density at radius 3 is 2.62 bits per heavy atom. The van der Waals surface area contributed by atoms with Crippen molar-refractivity contribution < 1.29 is 23.0 Å². The lowest BCUT2D eigenvalue weighted by molar-refractivity contribution is -0.0512. The van der Waals surface area contributed by atoms with E-state index in [1.165, 1.54) is 7.11 Å². The normalized spacial score (nSPS) is 17.8. The summed E-state index contributed by atoms with van der Waals surface area (Å²) in [5.74, 6) is 0.361. The van der Waals surface area contributed by atoms with E-state index in [9.17, 15) is 8.78 Å². The van der Waals surface area contributed by atoms with Crippen LogP contribution in [0.5, 0.6) is 11.5 Å². The van der Waals surface area contributed by atoms with Crippen molar-refractivity contribution in [2.45, 2.75) is 38.5 Å². The number of nitrogens with one attached hydrogen (secondary N) is 1. The molecule has 0 spiro atoms. The van der Waals surface area contributed by atoms with Crippen LogP contribution in [0.15, 0.2) is 18.2 Å². The van der Waals surface area contributed by atoms with Crippen molar-refractivity contribution in [1.29, 1.82) is 0 Å². The number of hydrogen-bond donors (Lipinski definition) is 1. The van der Waals surface area contributed by atoms with Gasteiger partial charge in [0.25, 0.3) is 0 Å². The summed E-state index contributed by atoms with van der Waals surface area (Å²) < 4.78 is 39.7. The smallest absolute Gasteiger partial charge is 0.387 e. The minimum Gasteiger partial charge on any atom is -0.493 e. The summed E-state index contributed by atoms with van der Waals surface area (Å²) in [7, 11) is 1.43. The van der Waals surface area contributed by atoms with Crippen LogP contribution >= 0.6 is 0 Å². The highest BCUT2D eigenvalue weighted by Crippen LogP contribution is 2.30. The largest absolute Gasteiger partial charge is 0.493 e. The fourth-order valence-corrected chi connectivity index (χ4v) is 2.33. The fourth-order valence-electron chi connectivity index (χ4n) is 2.33. The van der Waals surface area contributed by atoms with E-state index in [2.05, 4.69) is 17.0 Å². The van der Waals surface area contributed by atoms with E-state index in [0.717, 1.165) is 31.6 Å². The van der Waals surface area contributed by atoms with Crippen LogP contribution in [0.3, 0.4) is 0 Å². The summed E-state index contributed by atoms with van der Waals surface area (Å²) in [5, 5.41) is 3.47. The molecule has 1 fully saturated rings. The fraction of sp³-hybridized carbons (Fsp3) is 0.600. The van der Waals surface area contributed by atoms with Gasteiger partial charge in [0.2, 0.25) is 0 Å². The van der Waals surface area contributed by atoms with E-state index in [-0.39, 0.29) is 11.3 Å². The molecule has 0 amide bonds. The van der Waals surface area contributed by atoms with Gasteiger partial charge in [-0.2, -0.15) is 8.78 Å². The summed E-state index contributed by atoms with van der Waals surface area (Å²) in [6, 6.07) is 5.06. The molecule has 1 N–H and O–H groups in total. The predicted molar refractivity (Wildman–Crippen MR) is 74.9 cm³/mol. The molecule has 0 aliphatic carbocycles. The maximum absolute atomic E-state index is 12.4. The quantitative estimate of drug-likeness (QED) is 0.877. The highest BCUT2D eigenvalue weighted by Gasteiger charge is 2.26. The Bertz CT molecular complexity index is 462. The monoisotopic (exact) mass is 301 g/mol. The predicted octanol–water partition coefficient (Wildman–Crippen LogP) is 2.96. The molecule has 2 rings (SSSR count). The second-order valence-electron chi connectivity index (χ2n) is 5.39. The van der Waals surface area contributed by atoms with Gasteiger partial charge in [0.1, 0.15) is 0 Å².